The first-order chi connectivity index (χ1) is 8.78. The summed E-state index contributed by atoms with van der Waals surface area (Å²) in [5.41, 5.74) is 4.88. The lowest BCUT2D eigenvalue weighted by Gasteiger charge is -2.29. The first-order valence-electron chi connectivity index (χ1n) is 7.43. The van der Waals surface area contributed by atoms with Gasteiger partial charge in [-0.25, -0.2) is 0 Å². The van der Waals surface area contributed by atoms with Crippen LogP contribution < -0.4 is 11.1 Å². The molecule has 1 amide bonds. The number of ether oxygens (including phenoxy) is 1. The van der Waals surface area contributed by atoms with Gasteiger partial charge in [-0.2, -0.15) is 0 Å². The number of nitrogens with one attached hydrogen (secondary N) is 1. The zero-order valence-corrected chi connectivity index (χ0v) is 13.3. The van der Waals surface area contributed by atoms with E-state index in [0.717, 1.165) is 38.9 Å². The number of carbonyl (C=O) groups is 1. The molecule has 0 saturated carbocycles. The predicted molar refractivity (Wildman–Crippen MR) is 80.0 cm³/mol. The predicted octanol–water partition coefficient (Wildman–Crippen LogP) is 2.46. The van der Waals surface area contributed by atoms with E-state index >= 15 is 0 Å². The normalized spacial score (nSPS) is 14.9. The quantitative estimate of drug-likeness (QED) is 0.568. The first kappa shape index (κ1) is 18.4. The fourth-order valence-corrected chi connectivity index (χ4v) is 2.01. The Morgan fingerprint density at radius 1 is 1.21 bits per heavy atom. The Morgan fingerprint density at radius 2 is 1.84 bits per heavy atom. The van der Waals surface area contributed by atoms with Crippen LogP contribution in [0.25, 0.3) is 0 Å². The Kier molecular flexibility index (Phi) is 9.02. The second-order valence-corrected chi connectivity index (χ2v) is 6.25. The van der Waals surface area contributed by atoms with Crippen LogP contribution in [0, 0.1) is 5.92 Å². The van der Waals surface area contributed by atoms with Crippen molar-refractivity contribution in [1.82, 2.24) is 5.32 Å². The zero-order valence-electron chi connectivity index (χ0n) is 13.3. The van der Waals surface area contributed by atoms with Gasteiger partial charge in [0.15, 0.2) is 0 Å². The monoisotopic (exact) mass is 272 g/mol. The number of unbranched alkanes of at least 4 members (excludes halogenated alkanes) is 1. The Hall–Kier alpha value is -0.610. The number of nitrogens with two attached hydrogens (primary N) is 1. The van der Waals surface area contributed by atoms with Gasteiger partial charge in [0, 0.05) is 19.3 Å². The molecule has 1 unspecified atom stereocenters. The smallest absolute Gasteiger partial charge is 0.237 e. The lowest BCUT2D eigenvalue weighted by molar-refractivity contribution is -0.124. The Labute approximate surface area is 118 Å². The van der Waals surface area contributed by atoms with Crippen LogP contribution in [-0.4, -0.2) is 30.7 Å². The third-order valence-corrected chi connectivity index (χ3v) is 3.21. The van der Waals surface area contributed by atoms with E-state index in [0.29, 0.717) is 5.92 Å². The number of amides is 1. The maximum absolute atomic E-state index is 11.5. The third-order valence-electron chi connectivity index (χ3n) is 3.21. The van der Waals surface area contributed by atoms with E-state index in [1.165, 1.54) is 0 Å². The number of primary amides is 1. The molecule has 114 valence electrons. The lowest BCUT2D eigenvalue weighted by Crippen LogP contribution is -2.55. The molecule has 4 nitrogen and oxygen atoms in total. The second kappa shape index (κ2) is 9.32. The molecule has 0 aromatic heterocycles. The highest BCUT2D eigenvalue weighted by molar-refractivity contribution is 5.84. The molecule has 0 radical (unpaired) electrons. The van der Waals surface area contributed by atoms with Gasteiger partial charge in [0.05, 0.1) is 5.54 Å². The minimum atomic E-state index is -0.605. The van der Waals surface area contributed by atoms with Crippen molar-refractivity contribution in [2.75, 3.05) is 13.2 Å². The third kappa shape index (κ3) is 9.00. The fraction of sp³-hybridized carbons (Fsp3) is 0.933. The van der Waals surface area contributed by atoms with Gasteiger partial charge in [-0.15, -0.1) is 0 Å². The first-order valence-corrected chi connectivity index (χ1v) is 7.43. The highest BCUT2D eigenvalue weighted by atomic mass is 16.5. The molecule has 0 spiro atoms. The minimum Gasteiger partial charge on any atom is -0.381 e. The van der Waals surface area contributed by atoms with Crippen LogP contribution in [0.5, 0.6) is 0 Å². The van der Waals surface area contributed by atoms with Crippen LogP contribution in [-0.2, 0) is 9.53 Å². The van der Waals surface area contributed by atoms with Gasteiger partial charge in [0.2, 0.25) is 5.91 Å². The molecular formula is C15H32N2O2. The van der Waals surface area contributed by atoms with Crippen LogP contribution in [0.15, 0.2) is 0 Å². The summed E-state index contributed by atoms with van der Waals surface area (Å²) in [7, 11) is 0. The molecule has 0 aromatic rings. The molecular weight excluding hydrogens is 240 g/mol. The number of hydrogen-bond donors (Lipinski definition) is 2. The average Bonchev–Trinajstić information content (AvgIpc) is 2.26. The largest absolute Gasteiger partial charge is 0.381 e. The van der Waals surface area contributed by atoms with Crippen molar-refractivity contribution in [2.24, 2.45) is 11.7 Å². The van der Waals surface area contributed by atoms with Gasteiger partial charge >= 0.3 is 0 Å². The molecule has 0 rings (SSSR count). The SMILES string of the molecule is CC(C)CCOCCCCC(C)(NC(C)C)C(N)=O. The van der Waals surface area contributed by atoms with Crippen LogP contribution in [0.4, 0.5) is 0 Å². The van der Waals surface area contributed by atoms with Crippen molar-refractivity contribution < 1.29 is 9.53 Å². The van der Waals surface area contributed by atoms with Crippen molar-refractivity contribution in [3.63, 3.8) is 0 Å². The fourth-order valence-electron chi connectivity index (χ4n) is 2.01. The molecule has 0 saturated heterocycles. The molecule has 0 bridgehead atoms. The van der Waals surface area contributed by atoms with Gasteiger partial charge in [-0.05, 0) is 52.4 Å². The molecule has 0 heterocycles. The summed E-state index contributed by atoms with van der Waals surface area (Å²) in [6.07, 6.45) is 3.78. The highest BCUT2D eigenvalue weighted by Gasteiger charge is 2.30. The van der Waals surface area contributed by atoms with Crippen LogP contribution in [0.3, 0.4) is 0 Å². The molecule has 4 heteroatoms. The van der Waals surface area contributed by atoms with E-state index in [-0.39, 0.29) is 11.9 Å². The molecule has 0 fully saturated rings. The van der Waals surface area contributed by atoms with Gasteiger partial charge < -0.3 is 15.8 Å². The molecule has 3 N–H and O–H groups in total. The Balaban J connectivity index is 3.80. The molecule has 0 aliphatic heterocycles. The number of rotatable bonds is 11. The highest BCUT2D eigenvalue weighted by Crippen LogP contribution is 2.14. The van der Waals surface area contributed by atoms with Crippen molar-refractivity contribution in [3.05, 3.63) is 0 Å². The van der Waals surface area contributed by atoms with Gasteiger partial charge in [0.1, 0.15) is 0 Å². The minimum absolute atomic E-state index is 0.250. The lowest BCUT2D eigenvalue weighted by atomic mass is 9.93. The zero-order chi connectivity index (χ0) is 14.9. The van der Waals surface area contributed by atoms with Gasteiger partial charge in [-0.3, -0.25) is 4.79 Å². The van der Waals surface area contributed by atoms with E-state index in [4.69, 9.17) is 10.5 Å². The number of carbonyl (C=O) groups excluding carboxylic acids is 1. The molecule has 1 atom stereocenters. The molecule has 0 aromatic carbocycles. The van der Waals surface area contributed by atoms with E-state index in [1.54, 1.807) is 0 Å². The van der Waals surface area contributed by atoms with E-state index in [2.05, 4.69) is 19.2 Å². The Morgan fingerprint density at radius 3 is 2.32 bits per heavy atom. The second-order valence-electron chi connectivity index (χ2n) is 6.25. The summed E-state index contributed by atoms with van der Waals surface area (Å²) < 4.78 is 5.56. The standard InChI is InChI=1S/C15H32N2O2/c1-12(2)8-11-19-10-7-6-9-15(5,14(16)18)17-13(3)4/h12-13,17H,6-11H2,1-5H3,(H2,16,18). The maximum atomic E-state index is 11.5. The molecule has 19 heavy (non-hydrogen) atoms. The van der Waals surface area contributed by atoms with Crippen molar-refractivity contribution in [1.29, 1.82) is 0 Å². The topological polar surface area (TPSA) is 64.3 Å². The molecule has 0 aliphatic carbocycles. The average molecular weight is 272 g/mol. The molecule has 0 aliphatic rings. The van der Waals surface area contributed by atoms with Gasteiger partial charge in [-0.1, -0.05) is 13.8 Å². The van der Waals surface area contributed by atoms with Crippen LogP contribution in [0.2, 0.25) is 0 Å². The Bertz CT molecular complexity index is 255. The van der Waals surface area contributed by atoms with Crippen molar-refractivity contribution in [2.45, 2.75) is 71.9 Å². The van der Waals surface area contributed by atoms with Crippen LogP contribution >= 0.6 is 0 Å². The van der Waals surface area contributed by atoms with E-state index < -0.39 is 5.54 Å². The van der Waals surface area contributed by atoms with Crippen LogP contribution in [0.1, 0.15) is 60.3 Å². The summed E-state index contributed by atoms with van der Waals surface area (Å²) >= 11 is 0. The summed E-state index contributed by atoms with van der Waals surface area (Å²) in [5, 5.41) is 3.26. The number of hydrogen-bond acceptors (Lipinski definition) is 3. The van der Waals surface area contributed by atoms with Crippen molar-refractivity contribution in [3.8, 4) is 0 Å². The summed E-state index contributed by atoms with van der Waals surface area (Å²) in [6, 6.07) is 0.250. The van der Waals surface area contributed by atoms with Gasteiger partial charge in [0.25, 0.3) is 0 Å². The van der Waals surface area contributed by atoms with E-state index in [9.17, 15) is 4.79 Å². The summed E-state index contributed by atoms with van der Waals surface area (Å²) in [5.74, 6) is 0.412. The van der Waals surface area contributed by atoms with Crippen molar-refractivity contribution >= 4 is 5.91 Å². The summed E-state index contributed by atoms with van der Waals surface area (Å²) in [4.78, 5) is 11.5. The maximum Gasteiger partial charge on any atom is 0.237 e. The summed E-state index contributed by atoms with van der Waals surface area (Å²) in [6.45, 7) is 11.9. The van der Waals surface area contributed by atoms with E-state index in [1.807, 2.05) is 20.8 Å².